The first-order valence-corrected chi connectivity index (χ1v) is 9.63. The van der Waals surface area contributed by atoms with E-state index in [0.717, 1.165) is 18.9 Å². The molecule has 1 aliphatic carbocycles. The van der Waals surface area contributed by atoms with Crippen LogP contribution in [0.4, 0.5) is 4.39 Å². The lowest BCUT2D eigenvalue weighted by atomic mass is 9.85. The summed E-state index contributed by atoms with van der Waals surface area (Å²) in [6.07, 6.45) is 3.25. The van der Waals surface area contributed by atoms with Crippen molar-refractivity contribution in [3.8, 4) is 0 Å². The van der Waals surface area contributed by atoms with Crippen LogP contribution < -0.4 is 10.6 Å². The molecule has 0 saturated heterocycles. The fourth-order valence-corrected chi connectivity index (χ4v) is 3.49. The zero-order chi connectivity index (χ0) is 21.4. The third-order valence-electron chi connectivity index (χ3n) is 5.01. The number of halogens is 1. The lowest BCUT2D eigenvalue weighted by Crippen LogP contribution is -2.47. The average molecular weight is 406 g/mol. The van der Waals surface area contributed by atoms with E-state index in [9.17, 15) is 18.8 Å². The van der Waals surface area contributed by atoms with Crippen LogP contribution in [0.2, 0.25) is 0 Å². The van der Waals surface area contributed by atoms with Crippen molar-refractivity contribution in [2.45, 2.75) is 45.6 Å². The quantitative estimate of drug-likeness (QED) is 0.392. The van der Waals surface area contributed by atoms with E-state index < -0.39 is 35.1 Å². The molecule has 1 saturated carbocycles. The highest BCUT2D eigenvalue weighted by Gasteiger charge is 2.49. The number of rotatable bonds is 8. The number of hydrogen-bond donors (Lipinski definition) is 2. The number of ether oxygens (including phenoxy) is 2. The van der Waals surface area contributed by atoms with Gasteiger partial charge in [0.05, 0.1) is 25.8 Å². The van der Waals surface area contributed by atoms with Gasteiger partial charge in [-0.2, -0.15) is 0 Å². The summed E-state index contributed by atoms with van der Waals surface area (Å²) < 4.78 is 23.9. The molecule has 1 aliphatic rings. The highest BCUT2D eigenvalue weighted by Crippen LogP contribution is 2.39. The molecule has 29 heavy (non-hydrogen) atoms. The van der Waals surface area contributed by atoms with Crippen molar-refractivity contribution in [2.24, 2.45) is 5.41 Å². The van der Waals surface area contributed by atoms with Gasteiger partial charge in [-0.05, 0) is 32.8 Å². The van der Waals surface area contributed by atoms with Gasteiger partial charge in [0.2, 0.25) is 5.91 Å². The molecule has 1 aromatic carbocycles. The summed E-state index contributed by atoms with van der Waals surface area (Å²) in [5.74, 6) is -2.24. The summed E-state index contributed by atoms with van der Waals surface area (Å²) in [6.45, 7) is 3.50. The summed E-state index contributed by atoms with van der Waals surface area (Å²) in [5.41, 5.74) is -0.939. The van der Waals surface area contributed by atoms with E-state index in [-0.39, 0.29) is 12.4 Å². The van der Waals surface area contributed by atoms with Crippen molar-refractivity contribution in [3.05, 3.63) is 47.5 Å². The molecule has 2 N–H and O–H groups in total. The maximum Gasteiger partial charge on any atom is 0.334 e. The van der Waals surface area contributed by atoms with Crippen LogP contribution in [-0.4, -0.2) is 31.6 Å². The zero-order valence-corrected chi connectivity index (χ0v) is 16.9. The molecule has 0 aromatic heterocycles. The van der Waals surface area contributed by atoms with Gasteiger partial charge in [-0.1, -0.05) is 31.0 Å². The molecule has 0 bridgehead atoms. The smallest absolute Gasteiger partial charge is 0.334 e. The molecular weight excluding hydrogens is 379 g/mol. The Hall–Kier alpha value is -2.90. The number of amides is 1. The number of benzene rings is 1. The maximum atomic E-state index is 14.1. The predicted octanol–water partition coefficient (Wildman–Crippen LogP) is 2.73. The molecule has 0 spiro atoms. The Morgan fingerprint density at radius 2 is 1.90 bits per heavy atom. The van der Waals surface area contributed by atoms with Crippen molar-refractivity contribution in [1.82, 2.24) is 10.6 Å². The van der Waals surface area contributed by atoms with Crippen molar-refractivity contribution in [2.75, 3.05) is 13.7 Å². The molecule has 1 amide bonds. The zero-order valence-electron chi connectivity index (χ0n) is 16.9. The van der Waals surface area contributed by atoms with Crippen molar-refractivity contribution >= 4 is 17.8 Å². The molecule has 158 valence electrons. The number of carbonyl (C=O) groups is 3. The normalized spacial score (nSPS) is 16.6. The van der Waals surface area contributed by atoms with Crippen molar-refractivity contribution in [1.29, 1.82) is 0 Å². The van der Waals surface area contributed by atoms with E-state index in [1.54, 1.807) is 32.0 Å². The Morgan fingerprint density at radius 3 is 2.48 bits per heavy atom. The van der Waals surface area contributed by atoms with Gasteiger partial charge in [0.25, 0.3) is 0 Å². The van der Waals surface area contributed by atoms with Crippen molar-refractivity contribution < 1.29 is 28.2 Å². The van der Waals surface area contributed by atoms with Gasteiger partial charge in [-0.25, -0.2) is 9.18 Å². The Morgan fingerprint density at radius 1 is 1.24 bits per heavy atom. The summed E-state index contributed by atoms with van der Waals surface area (Å²) in [7, 11) is 1.24. The van der Waals surface area contributed by atoms with E-state index >= 15 is 0 Å². The first-order valence-electron chi connectivity index (χ1n) is 9.63. The van der Waals surface area contributed by atoms with Crippen molar-refractivity contribution in [3.63, 3.8) is 0 Å². The number of esters is 2. The third-order valence-corrected chi connectivity index (χ3v) is 5.01. The van der Waals surface area contributed by atoms with Crippen LogP contribution in [0.3, 0.4) is 0 Å². The SMILES string of the molecule is CCOC(=O)C=C(NC(=O)C1(C(=O)OC)CCCC1)N[C@@H](C)c1ccccc1F. The van der Waals surface area contributed by atoms with Gasteiger partial charge < -0.3 is 20.1 Å². The molecule has 0 aliphatic heterocycles. The summed E-state index contributed by atoms with van der Waals surface area (Å²) in [4.78, 5) is 37.2. The largest absolute Gasteiger partial charge is 0.468 e. The van der Waals surface area contributed by atoms with Crippen LogP contribution in [0.1, 0.15) is 51.1 Å². The van der Waals surface area contributed by atoms with Gasteiger partial charge >= 0.3 is 11.9 Å². The van der Waals surface area contributed by atoms with Gasteiger partial charge in [-0.15, -0.1) is 0 Å². The minimum Gasteiger partial charge on any atom is -0.468 e. The average Bonchev–Trinajstić information content (AvgIpc) is 3.19. The fourth-order valence-electron chi connectivity index (χ4n) is 3.49. The van der Waals surface area contributed by atoms with Gasteiger partial charge in [0.1, 0.15) is 17.1 Å². The van der Waals surface area contributed by atoms with E-state index in [1.165, 1.54) is 13.2 Å². The second kappa shape index (κ2) is 10.0. The van der Waals surface area contributed by atoms with E-state index in [4.69, 9.17) is 9.47 Å². The monoisotopic (exact) mass is 406 g/mol. The topological polar surface area (TPSA) is 93.7 Å². The molecule has 1 atom stereocenters. The first-order chi connectivity index (χ1) is 13.8. The molecule has 1 aromatic rings. The van der Waals surface area contributed by atoms with Crippen LogP contribution in [0.15, 0.2) is 36.2 Å². The van der Waals surface area contributed by atoms with Crippen LogP contribution in [0.25, 0.3) is 0 Å². The number of hydrogen-bond acceptors (Lipinski definition) is 6. The third kappa shape index (κ3) is 5.34. The highest BCUT2D eigenvalue weighted by atomic mass is 19.1. The molecule has 8 heteroatoms. The summed E-state index contributed by atoms with van der Waals surface area (Å²) >= 11 is 0. The number of methoxy groups -OCH3 is 1. The number of carbonyl (C=O) groups excluding carboxylic acids is 3. The Labute approximate surface area is 169 Å². The Balaban J connectivity index is 2.26. The molecule has 0 radical (unpaired) electrons. The second-order valence-electron chi connectivity index (χ2n) is 6.93. The van der Waals surface area contributed by atoms with Gasteiger partial charge in [-0.3, -0.25) is 9.59 Å². The first kappa shape index (κ1) is 22.4. The lowest BCUT2D eigenvalue weighted by Gasteiger charge is -2.26. The Kier molecular flexibility index (Phi) is 7.75. The van der Waals surface area contributed by atoms with Gasteiger partial charge in [0.15, 0.2) is 0 Å². The van der Waals surface area contributed by atoms with Crippen LogP contribution in [0.5, 0.6) is 0 Å². The van der Waals surface area contributed by atoms with E-state index in [2.05, 4.69) is 10.6 Å². The van der Waals surface area contributed by atoms with Gasteiger partial charge in [0, 0.05) is 5.56 Å². The fraction of sp³-hybridized carbons (Fsp3) is 0.476. The minimum absolute atomic E-state index is 0.0272. The summed E-state index contributed by atoms with van der Waals surface area (Å²) in [6, 6.07) is 5.63. The summed E-state index contributed by atoms with van der Waals surface area (Å²) in [5, 5.41) is 5.54. The van der Waals surface area contributed by atoms with Crippen LogP contribution in [0, 0.1) is 11.2 Å². The number of nitrogens with one attached hydrogen (secondary N) is 2. The minimum atomic E-state index is -1.30. The van der Waals surface area contributed by atoms with Crippen LogP contribution >= 0.6 is 0 Å². The van der Waals surface area contributed by atoms with E-state index in [1.807, 2.05) is 0 Å². The standard InChI is InChI=1S/C21H27FN2O5/c1-4-29-18(25)13-17(23-14(2)15-9-5-6-10-16(15)22)24-19(26)21(20(27)28-3)11-7-8-12-21/h5-6,9-10,13-14,23H,4,7-8,11-12H2,1-3H3,(H,24,26)/t14-/m0/s1. The highest BCUT2D eigenvalue weighted by molar-refractivity contribution is 6.03. The Bertz CT molecular complexity index is 787. The lowest BCUT2D eigenvalue weighted by molar-refractivity contribution is -0.158. The molecule has 0 heterocycles. The van der Waals surface area contributed by atoms with E-state index in [0.29, 0.717) is 18.4 Å². The predicted molar refractivity (Wildman–Crippen MR) is 104 cm³/mol. The maximum absolute atomic E-state index is 14.1. The molecule has 7 nitrogen and oxygen atoms in total. The molecular formula is C21H27FN2O5. The van der Waals surface area contributed by atoms with Crippen LogP contribution in [-0.2, 0) is 23.9 Å². The second-order valence-corrected chi connectivity index (χ2v) is 6.93. The molecule has 0 unspecified atom stereocenters. The molecule has 1 fully saturated rings. The molecule has 2 rings (SSSR count).